The van der Waals surface area contributed by atoms with Crippen molar-refractivity contribution in [3.8, 4) is 5.75 Å². The van der Waals surface area contributed by atoms with Gasteiger partial charge in [0.15, 0.2) is 0 Å². The second-order valence-corrected chi connectivity index (χ2v) is 10.6. The molecule has 1 heterocycles. The Bertz CT molecular complexity index is 1430. The molecule has 1 aliphatic rings. The summed E-state index contributed by atoms with van der Waals surface area (Å²) in [7, 11) is 0. The maximum atomic E-state index is 13.2. The third-order valence-electron chi connectivity index (χ3n) is 5.55. The van der Waals surface area contributed by atoms with Crippen LogP contribution < -0.4 is 15.0 Å². The quantitative estimate of drug-likeness (QED) is 0.231. The zero-order valence-corrected chi connectivity index (χ0v) is 23.7. The van der Waals surface area contributed by atoms with E-state index in [1.165, 1.54) is 6.08 Å². The molecule has 0 unspecified atom stereocenters. The van der Waals surface area contributed by atoms with Crippen LogP contribution in [0, 0.1) is 13.8 Å². The Balaban J connectivity index is 1.61. The molecule has 0 spiro atoms. The summed E-state index contributed by atoms with van der Waals surface area (Å²) in [5, 5.41) is 3.13. The minimum absolute atomic E-state index is 0.170. The van der Waals surface area contributed by atoms with Crippen LogP contribution in [-0.4, -0.2) is 17.8 Å². The topological polar surface area (TPSA) is 75.7 Å². The van der Waals surface area contributed by atoms with Gasteiger partial charge >= 0.3 is 6.03 Å². The maximum Gasteiger partial charge on any atom is 0.335 e. The van der Waals surface area contributed by atoms with E-state index in [0.717, 1.165) is 21.6 Å². The second-order valence-electron chi connectivity index (χ2n) is 8.08. The number of amides is 4. The predicted molar refractivity (Wildman–Crippen MR) is 148 cm³/mol. The molecule has 6 nitrogen and oxygen atoms in total. The molecule has 0 radical (unpaired) electrons. The van der Waals surface area contributed by atoms with Crippen LogP contribution >= 0.6 is 55.1 Å². The van der Waals surface area contributed by atoms with Crippen molar-refractivity contribution in [1.82, 2.24) is 5.32 Å². The highest BCUT2D eigenvalue weighted by atomic mass is 79.9. The molecule has 0 saturated carbocycles. The average molecular weight is 653 g/mol. The van der Waals surface area contributed by atoms with Crippen molar-refractivity contribution in [3.05, 3.63) is 95.3 Å². The number of hydrogen-bond donors (Lipinski definition) is 1. The van der Waals surface area contributed by atoms with Crippen molar-refractivity contribution in [3.63, 3.8) is 0 Å². The van der Waals surface area contributed by atoms with Gasteiger partial charge in [-0.25, -0.2) is 9.69 Å². The first kappa shape index (κ1) is 26.4. The fourth-order valence-corrected chi connectivity index (χ4v) is 5.28. The van der Waals surface area contributed by atoms with Gasteiger partial charge < -0.3 is 4.74 Å². The number of nitrogens with one attached hydrogen (secondary N) is 1. The zero-order chi connectivity index (χ0) is 26.1. The number of nitrogens with zero attached hydrogens (tertiary/aromatic N) is 1. The van der Waals surface area contributed by atoms with E-state index in [1.54, 1.807) is 36.4 Å². The minimum Gasteiger partial charge on any atom is -0.487 e. The Morgan fingerprint density at radius 1 is 0.917 bits per heavy atom. The molecule has 36 heavy (non-hydrogen) atoms. The number of halogens is 4. The lowest BCUT2D eigenvalue weighted by Crippen LogP contribution is -2.54. The molecule has 0 bridgehead atoms. The molecule has 3 aromatic carbocycles. The van der Waals surface area contributed by atoms with Gasteiger partial charge in [-0.05, 0) is 110 Å². The summed E-state index contributed by atoms with van der Waals surface area (Å²) in [6, 6.07) is 13.1. The van der Waals surface area contributed by atoms with E-state index in [1.807, 2.05) is 26.0 Å². The molecule has 0 aromatic heterocycles. The van der Waals surface area contributed by atoms with Crippen LogP contribution in [0.1, 0.15) is 22.3 Å². The largest absolute Gasteiger partial charge is 0.487 e. The number of urea groups is 1. The first-order chi connectivity index (χ1) is 17.0. The highest BCUT2D eigenvalue weighted by Crippen LogP contribution is 2.36. The van der Waals surface area contributed by atoms with E-state index in [0.29, 0.717) is 36.0 Å². The summed E-state index contributed by atoms with van der Waals surface area (Å²) in [6.45, 7) is 4.05. The van der Waals surface area contributed by atoms with Crippen molar-refractivity contribution in [2.45, 2.75) is 20.5 Å². The van der Waals surface area contributed by atoms with E-state index in [9.17, 15) is 14.4 Å². The Labute approximate surface area is 234 Å². The van der Waals surface area contributed by atoms with E-state index < -0.39 is 17.8 Å². The molecule has 1 saturated heterocycles. The molecule has 3 aromatic rings. The number of aryl methyl sites for hydroxylation is 2. The zero-order valence-electron chi connectivity index (χ0n) is 19.0. The van der Waals surface area contributed by atoms with Crippen LogP contribution in [0.5, 0.6) is 5.75 Å². The van der Waals surface area contributed by atoms with Gasteiger partial charge in [0, 0.05) is 0 Å². The predicted octanol–water partition coefficient (Wildman–Crippen LogP) is 7.38. The summed E-state index contributed by atoms with van der Waals surface area (Å²) in [4.78, 5) is 39.2. The Morgan fingerprint density at radius 2 is 1.61 bits per heavy atom. The number of benzene rings is 3. The van der Waals surface area contributed by atoms with Gasteiger partial charge in [0.25, 0.3) is 11.8 Å². The molecule has 1 N–H and O–H groups in total. The number of hydrogen-bond acceptors (Lipinski definition) is 4. The smallest absolute Gasteiger partial charge is 0.335 e. The number of imide groups is 2. The Hall–Kier alpha value is -2.65. The summed E-state index contributed by atoms with van der Waals surface area (Å²) < 4.78 is 7.11. The van der Waals surface area contributed by atoms with E-state index in [2.05, 4.69) is 37.2 Å². The van der Waals surface area contributed by atoms with Crippen LogP contribution in [-0.2, 0) is 16.2 Å². The fourth-order valence-electron chi connectivity index (χ4n) is 3.51. The van der Waals surface area contributed by atoms with Crippen LogP contribution in [0.3, 0.4) is 0 Å². The van der Waals surface area contributed by atoms with E-state index >= 15 is 0 Å². The third kappa shape index (κ3) is 5.52. The summed E-state index contributed by atoms with van der Waals surface area (Å²) >= 11 is 19.0. The molecule has 0 atom stereocenters. The number of ether oxygens (including phenoxy) is 1. The van der Waals surface area contributed by atoms with Gasteiger partial charge in [0.05, 0.1) is 24.7 Å². The maximum absolute atomic E-state index is 13.2. The lowest BCUT2D eigenvalue weighted by Gasteiger charge is -2.27. The number of anilines is 1. The highest BCUT2D eigenvalue weighted by Gasteiger charge is 2.37. The number of barbiturate groups is 1. The van der Waals surface area contributed by atoms with Gasteiger partial charge in [-0.15, -0.1) is 0 Å². The van der Waals surface area contributed by atoms with Gasteiger partial charge in [0.2, 0.25) is 0 Å². The van der Waals surface area contributed by atoms with Crippen LogP contribution in [0.25, 0.3) is 6.08 Å². The SMILES string of the molecule is Cc1ccc(N2C(=O)NC(=O)/C(=C\c3cc(Br)c(OCc4ccc(Cl)c(Cl)c4)c(Br)c3)C2=O)cc1C. The molecular formula is C26H18Br2Cl2N2O4. The summed E-state index contributed by atoms with van der Waals surface area (Å²) in [6.07, 6.45) is 1.43. The van der Waals surface area contributed by atoms with Crippen molar-refractivity contribution in [2.24, 2.45) is 0 Å². The molecule has 1 aliphatic heterocycles. The molecular weight excluding hydrogens is 635 g/mol. The summed E-state index contributed by atoms with van der Waals surface area (Å²) in [5.41, 5.74) is 3.52. The lowest BCUT2D eigenvalue weighted by atomic mass is 10.0. The number of carbonyl (C=O) groups excluding carboxylic acids is 3. The Kier molecular flexibility index (Phi) is 7.90. The average Bonchev–Trinajstić information content (AvgIpc) is 2.80. The molecule has 1 fully saturated rings. The first-order valence-corrected chi connectivity index (χ1v) is 12.9. The normalized spacial score (nSPS) is 14.9. The van der Waals surface area contributed by atoms with E-state index in [-0.39, 0.29) is 12.2 Å². The fraction of sp³-hybridized carbons (Fsp3) is 0.115. The highest BCUT2D eigenvalue weighted by molar-refractivity contribution is 9.11. The van der Waals surface area contributed by atoms with Gasteiger partial charge in [-0.3, -0.25) is 14.9 Å². The van der Waals surface area contributed by atoms with Crippen LogP contribution in [0.2, 0.25) is 10.0 Å². The van der Waals surface area contributed by atoms with Gasteiger partial charge in [-0.2, -0.15) is 0 Å². The molecule has 4 amide bonds. The Morgan fingerprint density at radius 3 is 2.25 bits per heavy atom. The number of carbonyl (C=O) groups is 3. The molecule has 0 aliphatic carbocycles. The third-order valence-corrected chi connectivity index (χ3v) is 7.47. The monoisotopic (exact) mass is 650 g/mol. The lowest BCUT2D eigenvalue weighted by molar-refractivity contribution is -0.122. The summed E-state index contributed by atoms with van der Waals surface area (Å²) in [5.74, 6) is -0.953. The van der Waals surface area contributed by atoms with Crippen LogP contribution in [0.4, 0.5) is 10.5 Å². The number of rotatable bonds is 5. The first-order valence-electron chi connectivity index (χ1n) is 10.6. The molecule has 4 rings (SSSR count). The molecule has 10 heteroatoms. The van der Waals surface area contributed by atoms with Crippen LogP contribution in [0.15, 0.2) is 63.0 Å². The van der Waals surface area contributed by atoms with Crippen molar-refractivity contribution < 1.29 is 19.1 Å². The van der Waals surface area contributed by atoms with Gasteiger partial charge in [0.1, 0.15) is 17.9 Å². The minimum atomic E-state index is -0.793. The second kappa shape index (κ2) is 10.8. The molecule has 184 valence electrons. The van der Waals surface area contributed by atoms with Crippen molar-refractivity contribution in [1.29, 1.82) is 0 Å². The standard InChI is InChI=1S/C26H18Br2Cl2N2O4/c1-13-3-5-17(7-14(13)2)32-25(34)18(24(33)31-26(32)35)8-16-9-19(27)23(20(28)10-16)36-12-15-4-6-21(29)22(30)11-15/h3-11H,12H2,1-2H3,(H,31,33,35)/b18-8+. The van der Waals surface area contributed by atoms with Crippen molar-refractivity contribution >= 4 is 84.7 Å². The van der Waals surface area contributed by atoms with E-state index in [4.69, 9.17) is 27.9 Å². The van der Waals surface area contributed by atoms with Crippen molar-refractivity contribution in [2.75, 3.05) is 4.90 Å². The van der Waals surface area contributed by atoms with Gasteiger partial charge in [-0.1, -0.05) is 35.3 Å².